The van der Waals surface area contributed by atoms with Crippen molar-refractivity contribution in [3.8, 4) is 11.3 Å². The Balaban J connectivity index is 2.15. The van der Waals surface area contributed by atoms with E-state index in [1.807, 2.05) is 38.2 Å². The van der Waals surface area contributed by atoms with Crippen molar-refractivity contribution in [1.29, 1.82) is 0 Å². The van der Waals surface area contributed by atoms with Crippen LogP contribution in [0.5, 0.6) is 0 Å². The fourth-order valence-electron chi connectivity index (χ4n) is 2.58. The standard InChI is InChI=1S/C17H20N4O3/c1-12(2)21-16(22)8-7-13(19-21)17-14(10-24-11-23-3)18-20-9-5-4-6-15(17)20/h4-9,12H,10-11H2,1-3H3. The molecule has 0 spiro atoms. The second-order valence-corrected chi connectivity index (χ2v) is 5.70. The van der Waals surface area contributed by atoms with Gasteiger partial charge in [-0.25, -0.2) is 9.20 Å². The normalized spacial score (nSPS) is 11.5. The van der Waals surface area contributed by atoms with E-state index >= 15 is 0 Å². The zero-order chi connectivity index (χ0) is 17.1. The van der Waals surface area contributed by atoms with E-state index in [1.165, 1.54) is 10.7 Å². The quantitative estimate of drug-likeness (QED) is 0.513. The van der Waals surface area contributed by atoms with Gasteiger partial charge in [-0.05, 0) is 32.0 Å². The van der Waals surface area contributed by atoms with E-state index in [0.717, 1.165) is 16.8 Å². The van der Waals surface area contributed by atoms with Gasteiger partial charge < -0.3 is 9.47 Å². The fraction of sp³-hybridized carbons (Fsp3) is 0.353. The summed E-state index contributed by atoms with van der Waals surface area (Å²) in [6.07, 6.45) is 1.87. The first kappa shape index (κ1) is 16.4. The second kappa shape index (κ2) is 6.94. The number of pyridine rings is 1. The van der Waals surface area contributed by atoms with Crippen LogP contribution in [0.25, 0.3) is 16.8 Å². The molecule has 0 radical (unpaired) electrons. The molecule has 0 unspecified atom stereocenters. The lowest BCUT2D eigenvalue weighted by Gasteiger charge is -2.10. The van der Waals surface area contributed by atoms with Crippen LogP contribution in [0.2, 0.25) is 0 Å². The highest BCUT2D eigenvalue weighted by Crippen LogP contribution is 2.27. The van der Waals surface area contributed by atoms with Gasteiger partial charge in [-0.15, -0.1) is 0 Å². The summed E-state index contributed by atoms with van der Waals surface area (Å²) >= 11 is 0. The Morgan fingerprint density at radius 1 is 1.17 bits per heavy atom. The van der Waals surface area contributed by atoms with Crippen molar-refractivity contribution >= 4 is 5.52 Å². The molecule has 24 heavy (non-hydrogen) atoms. The van der Waals surface area contributed by atoms with Gasteiger partial charge in [-0.3, -0.25) is 4.79 Å². The van der Waals surface area contributed by atoms with Crippen LogP contribution >= 0.6 is 0 Å². The number of hydrogen-bond acceptors (Lipinski definition) is 5. The average Bonchev–Trinajstić information content (AvgIpc) is 2.94. The molecule has 0 saturated carbocycles. The number of hydrogen-bond donors (Lipinski definition) is 0. The van der Waals surface area contributed by atoms with Gasteiger partial charge >= 0.3 is 0 Å². The molecule has 0 saturated heterocycles. The third kappa shape index (κ3) is 3.08. The molecule has 126 valence electrons. The predicted molar refractivity (Wildman–Crippen MR) is 89.7 cm³/mol. The van der Waals surface area contributed by atoms with Crippen LogP contribution in [0.3, 0.4) is 0 Å². The summed E-state index contributed by atoms with van der Waals surface area (Å²) in [4.78, 5) is 12.0. The van der Waals surface area contributed by atoms with E-state index in [2.05, 4.69) is 10.2 Å². The molecule has 3 aromatic heterocycles. The van der Waals surface area contributed by atoms with Gasteiger partial charge in [0, 0.05) is 19.4 Å². The van der Waals surface area contributed by atoms with Crippen molar-refractivity contribution in [2.24, 2.45) is 0 Å². The Labute approximate surface area is 139 Å². The topological polar surface area (TPSA) is 70.7 Å². The molecule has 3 aromatic rings. The van der Waals surface area contributed by atoms with Crippen LogP contribution in [0.4, 0.5) is 0 Å². The highest BCUT2D eigenvalue weighted by atomic mass is 16.7. The molecule has 0 aromatic carbocycles. The first-order valence-electron chi connectivity index (χ1n) is 7.75. The second-order valence-electron chi connectivity index (χ2n) is 5.70. The average molecular weight is 328 g/mol. The highest BCUT2D eigenvalue weighted by molar-refractivity contribution is 5.80. The van der Waals surface area contributed by atoms with E-state index in [0.29, 0.717) is 12.3 Å². The van der Waals surface area contributed by atoms with Crippen molar-refractivity contribution in [3.63, 3.8) is 0 Å². The summed E-state index contributed by atoms with van der Waals surface area (Å²) in [6.45, 7) is 4.34. The monoisotopic (exact) mass is 328 g/mol. The van der Waals surface area contributed by atoms with Crippen LogP contribution in [0, 0.1) is 0 Å². The zero-order valence-electron chi connectivity index (χ0n) is 14.0. The van der Waals surface area contributed by atoms with Gasteiger partial charge in [0.05, 0.1) is 35.1 Å². The summed E-state index contributed by atoms with van der Waals surface area (Å²) in [7, 11) is 1.57. The Hall–Kier alpha value is -2.51. The summed E-state index contributed by atoms with van der Waals surface area (Å²) in [5.41, 5.74) is 3.10. The Morgan fingerprint density at radius 3 is 2.75 bits per heavy atom. The molecule has 0 bridgehead atoms. The van der Waals surface area contributed by atoms with Crippen molar-refractivity contribution in [2.75, 3.05) is 13.9 Å². The van der Waals surface area contributed by atoms with Gasteiger partial charge in [0.25, 0.3) is 5.56 Å². The van der Waals surface area contributed by atoms with Crippen LogP contribution in [0.1, 0.15) is 25.6 Å². The van der Waals surface area contributed by atoms with Crippen molar-refractivity contribution < 1.29 is 9.47 Å². The molecule has 7 nitrogen and oxygen atoms in total. The molecule has 0 fully saturated rings. The summed E-state index contributed by atoms with van der Waals surface area (Å²) in [5, 5.41) is 9.08. The van der Waals surface area contributed by atoms with Crippen LogP contribution in [0.15, 0.2) is 41.3 Å². The summed E-state index contributed by atoms with van der Waals surface area (Å²) in [6, 6.07) is 9.06. The predicted octanol–water partition coefficient (Wildman–Crippen LogP) is 2.26. The molecule has 7 heteroatoms. The Morgan fingerprint density at radius 2 is 2.00 bits per heavy atom. The smallest absolute Gasteiger partial charge is 0.267 e. The van der Waals surface area contributed by atoms with Crippen molar-refractivity contribution in [3.05, 3.63) is 52.6 Å². The minimum Gasteiger partial charge on any atom is -0.359 e. The Bertz CT molecular complexity index is 898. The van der Waals surface area contributed by atoms with Crippen LogP contribution in [-0.2, 0) is 16.1 Å². The third-order valence-corrected chi connectivity index (χ3v) is 3.62. The van der Waals surface area contributed by atoms with E-state index < -0.39 is 0 Å². The van der Waals surface area contributed by atoms with Gasteiger partial charge in [0.1, 0.15) is 6.79 Å². The lowest BCUT2D eigenvalue weighted by Crippen LogP contribution is -2.24. The number of fused-ring (bicyclic) bond motifs is 1. The number of nitrogens with zero attached hydrogens (tertiary/aromatic N) is 4. The maximum atomic E-state index is 12.0. The van der Waals surface area contributed by atoms with Crippen LogP contribution in [-0.4, -0.2) is 33.3 Å². The van der Waals surface area contributed by atoms with Gasteiger partial charge in [0.15, 0.2) is 0 Å². The van der Waals surface area contributed by atoms with E-state index in [-0.39, 0.29) is 18.4 Å². The molecule has 3 heterocycles. The third-order valence-electron chi connectivity index (χ3n) is 3.62. The summed E-state index contributed by atoms with van der Waals surface area (Å²) in [5.74, 6) is 0. The van der Waals surface area contributed by atoms with Crippen LogP contribution < -0.4 is 5.56 Å². The van der Waals surface area contributed by atoms with E-state index in [9.17, 15) is 4.79 Å². The molecule has 0 N–H and O–H groups in total. The molecule has 0 aliphatic heterocycles. The lowest BCUT2D eigenvalue weighted by molar-refractivity contribution is -0.0400. The minimum atomic E-state index is -0.123. The SMILES string of the molecule is COCOCc1nn2ccccc2c1-c1ccc(=O)n(C(C)C)n1. The van der Waals surface area contributed by atoms with Crippen molar-refractivity contribution in [2.45, 2.75) is 26.5 Å². The molecular weight excluding hydrogens is 308 g/mol. The Kier molecular flexibility index (Phi) is 4.73. The molecular formula is C17H20N4O3. The number of methoxy groups -OCH3 is 1. The summed E-state index contributed by atoms with van der Waals surface area (Å²) < 4.78 is 13.7. The molecule has 0 aliphatic carbocycles. The largest absolute Gasteiger partial charge is 0.359 e. The van der Waals surface area contributed by atoms with Gasteiger partial charge in [-0.2, -0.15) is 10.2 Å². The van der Waals surface area contributed by atoms with E-state index in [1.54, 1.807) is 17.7 Å². The van der Waals surface area contributed by atoms with Crippen molar-refractivity contribution in [1.82, 2.24) is 19.4 Å². The highest BCUT2D eigenvalue weighted by Gasteiger charge is 2.17. The number of ether oxygens (including phenoxy) is 2. The van der Waals surface area contributed by atoms with E-state index in [4.69, 9.17) is 9.47 Å². The molecule has 0 aliphatic rings. The minimum absolute atomic E-state index is 0.0209. The molecule has 3 rings (SSSR count). The lowest BCUT2D eigenvalue weighted by atomic mass is 10.1. The molecule has 0 amide bonds. The van der Waals surface area contributed by atoms with Gasteiger partial charge in [-0.1, -0.05) is 6.07 Å². The first-order valence-corrected chi connectivity index (χ1v) is 7.75. The van der Waals surface area contributed by atoms with Gasteiger partial charge in [0.2, 0.25) is 0 Å². The fourth-order valence-corrected chi connectivity index (χ4v) is 2.58. The first-order chi connectivity index (χ1) is 11.6. The molecule has 0 atom stereocenters. The maximum absolute atomic E-state index is 12.0. The zero-order valence-corrected chi connectivity index (χ0v) is 14.0. The number of aromatic nitrogens is 4. The number of rotatable bonds is 6. The maximum Gasteiger partial charge on any atom is 0.267 e.